The largest absolute Gasteiger partial charge is 0.313 e. The van der Waals surface area contributed by atoms with Gasteiger partial charge in [0.1, 0.15) is 0 Å². The standard InChI is InChI=1S/C8H13NS.C4H9N.Y/c1-5(2)8-9-6(3)7(4)10-8;1-4(2)3-5;/h5H,1-4H3;3-5H,1-2H3;. The van der Waals surface area contributed by atoms with Gasteiger partial charge in [-0.05, 0) is 26.0 Å². The predicted molar refractivity (Wildman–Crippen MR) is 69.3 cm³/mol. The number of nitrogens with zero attached hydrogens (tertiary/aromatic N) is 1. The summed E-state index contributed by atoms with van der Waals surface area (Å²) < 4.78 is 0. The van der Waals surface area contributed by atoms with E-state index in [0.29, 0.717) is 11.8 Å². The van der Waals surface area contributed by atoms with E-state index in [-0.39, 0.29) is 32.7 Å². The maximum absolute atomic E-state index is 6.53. The molecule has 0 amide bonds. The molecule has 1 radical (unpaired) electrons. The molecule has 0 aromatic carbocycles. The van der Waals surface area contributed by atoms with E-state index in [1.54, 1.807) is 0 Å². The zero-order valence-electron chi connectivity index (χ0n) is 11.2. The van der Waals surface area contributed by atoms with Crippen LogP contribution in [-0.4, -0.2) is 11.2 Å². The second kappa shape index (κ2) is 9.44. The SMILES string of the molecule is CC(C)C=N.Cc1nc(C(C)C)sc1C.[Y]. The summed E-state index contributed by atoms with van der Waals surface area (Å²) in [5.74, 6) is 1.01. The van der Waals surface area contributed by atoms with E-state index in [1.165, 1.54) is 21.8 Å². The number of nitrogens with one attached hydrogen (secondary N) is 1. The van der Waals surface area contributed by atoms with Gasteiger partial charge >= 0.3 is 0 Å². The molecule has 0 atom stereocenters. The second-order valence-corrected chi connectivity index (χ2v) is 5.49. The van der Waals surface area contributed by atoms with Gasteiger partial charge in [-0.25, -0.2) is 4.98 Å². The average Bonchev–Trinajstić information content (AvgIpc) is 2.48. The van der Waals surface area contributed by atoms with E-state index < -0.39 is 0 Å². The number of thiazole rings is 1. The van der Waals surface area contributed by atoms with Gasteiger partial charge in [0.2, 0.25) is 0 Å². The molecular formula is C12H22N2SY. The third-order valence-corrected chi connectivity index (χ3v) is 3.25. The minimum Gasteiger partial charge on any atom is -0.313 e. The monoisotopic (exact) mass is 315 g/mol. The van der Waals surface area contributed by atoms with Crippen LogP contribution in [0.25, 0.3) is 0 Å². The van der Waals surface area contributed by atoms with Crippen LogP contribution in [0.4, 0.5) is 0 Å². The molecule has 1 rings (SSSR count). The molecule has 0 unspecified atom stereocenters. The number of aryl methyl sites for hydroxylation is 2. The van der Waals surface area contributed by atoms with E-state index in [2.05, 4.69) is 32.7 Å². The van der Waals surface area contributed by atoms with Crippen LogP contribution in [-0.2, 0) is 32.7 Å². The average molecular weight is 315 g/mol. The summed E-state index contributed by atoms with van der Waals surface area (Å²) in [5, 5.41) is 7.79. The Labute approximate surface area is 129 Å². The molecule has 4 heteroatoms. The first-order valence-electron chi connectivity index (χ1n) is 5.33. The quantitative estimate of drug-likeness (QED) is 0.817. The van der Waals surface area contributed by atoms with Crippen LogP contribution >= 0.6 is 11.3 Å². The first-order valence-corrected chi connectivity index (χ1v) is 6.14. The van der Waals surface area contributed by atoms with Crippen molar-refractivity contribution in [1.29, 1.82) is 5.41 Å². The van der Waals surface area contributed by atoms with Gasteiger partial charge in [-0.1, -0.05) is 27.7 Å². The smallest absolute Gasteiger partial charge is 0.0956 e. The minimum absolute atomic E-state index is 0. The van der Waals surface area contributed by atoms with Gasteiger partial charge in [0.15, 0.2) is 0 Å². The van der Waals surface area contributed by atoms with Crippen LogP contribution < -0.4 is 0 Å². The summed E-state index contributed by atoms with van der Waals surface area (Å²) in [6.45, 7) is 12.5. The maximum Gasteiger partial charge on any atom is 0.0956 e. The zero-order chi connectivity index (χ0) is 12.0. The van der Waals surface area contributed by atoms with Crippen molar-refractivity contribution in [2.45, 2.75) is 47.5 Å². The van der Waals surface area contributed by atoms with Crippen molar-refractivity contribution in [3.05, 3.63) is 15.6 Å². The van der Waals surface area contributed by atoms with Crippen molar-refractivity contribution in [1.82, 2.24) is 4.98 Å². The molecule has 0 saturated heterocycles. The van der Waals surface area contributed by atoms with Gasteiger partial charge < -0.3 is 5.41 Å². The van der Waals surface area contributed by atoms with Gasteiger partial charge in [-0.3, -0.25) is 0 Å². The molecule has 2 nitrogen and oxygen atoms in total. The Kier molecular flexibility index (Phi) is 11.1. The van der Waals surface area contributed by atoms with Crippen molar-refractivity contribution in [3.8, 4) is 0 Å². The summed E-state index contributed by atoms with van der Waals surface area (Å²) in [6, 6.07) is 0. The molecule has 16 heavy (non-hydrogen) atoms. The van der Waals surface area contributed by atoms with Crippen molar-refractivity contribution in [2.75, 3.05) is 0 Å². The first-order chi connectivity index (χ1) is 6.88. The van der Waals surface area contributed by atoms with Crippen LogP contribution in [0.2, 0.25) is 0 Å². The van der Waals surface area contributed by atoms with Crippen molar-refractivity contribution in [2.24, 2.45) is 5.92 Å². The van der Waals surface area contributed by atoms with Crippen LogP contribution in [0.15, 0.2) is 0 Å². The molecule has 0 spiro atoms. The van der Waals surface area contributed by atoms with Gasteiger partial charge in [0, 0.05) is 43.5 Å². The summed E-state index contributed by atoms with van der Waals surface area (Å²) in [4.78, 5) is 5.78. The van der Waals surface area contributed by atoms with E-state index in [9.17, 15) is 0 Å². The van der Waals surface area contributed by atoms with Gasteiger partial charge in [-0.2, -0.15) is 0 Å². The van der Waals surface area contributed by atoms with Gasteiger partial charge in [0.25, 0.3) is 0 Å². The van der Waals surface area contributed by atoms with Crippen LogP contribution in [0.3, 0.4) is 0 Å². The number of hydrogen-bond acceptors (Lipinski definition) is 3. The molecule has 1 aromatic rings. The normalized spacial score (nSPS) is 9.50. The fraction of sp³-hybridized carbons (Fsp3) is 0.667. The molecule has 1 heterocycles. The Hall–Kier alpha value is 0.404. The van der Waals surface area contributed by atoms with Crippen LogP contribution in [0, 0.1) is 25.2 Å². The van der Waals surface area contributed by atoms with Crippen molar-refractivity contribution < 1.29 is 32.7 Å². The Morgan fingerprint density at radius 3 is 1.75 bits per heavy atom. The second-order valence-electron chi connectivity index (χ2n) is 4.26. The third kappa shape index (κ3) is 7.64. The number of rotatable bonds is 2. The summed E-state index contributed by atoms with van der Waals surface area (Å²) in [7, 11) is 0. The van der Waals surface area contributed by atoms with E-state index in [4.69, 9.17) is 5.41 Å². The Balaban J connectivity index is 0. The molecule has 0 aliphatic carbocycles. The molecular weight excluding hydrogens is 293 g/mol. The van der Waals surface area contributed by atoms with Gasteiger partial charge in [0.05, 0.1) is 10.7 Å². The molecule has 0 saturated carbocycles. The number of hydrogen-bond donors (Lipinski definition) is 1. The molecule has 0 bridgehead atoms. The predicted octanol–water partition coefficient (Wildman–Crippen LogP) is 4.17. The molecule has 89 valence electrons. The Morgan fingerprint density at radius 1 is 1.19 bits per heavy atom. The van der Waals surface area contributed by atoms with Crippen LogP contribution in [0.1, 0.15) is 49.2 Å². The number of aromatic nitrogens is 1. The fourth-order valence-corrected chi connectivity index (χ4v) is 1.67. The fourth-order valence-electron chi connectivity index (χ4n) is 0.744. The third-order valence-electron chi connectivity index (χ3n) is 1.87. The zero-order valence-corrected chi connectivity index (χ0v) is 14.8. The van der Waals surface area contributed by atoms with E-state index >= 15 is 0 Å². The first kappa shape index (κ1) is 18.8. The van der Waals surface area contributed by atoms with Crippen molar-refractivity contribution in [3.63, 3.8) is 0 Å². The Bertz CT molecular complexity index is 286. The summed E-state index contributed by atoms with van der Waals surface area (Å²) in [5.41, 5.74) is 1.19. The van der Waals surface area contributed by atoms with Crippen LogP contribution in [0.5, 0.6) is 0 Å². The minimum atomic E-state index is 0. The van der Waals surface area contributed by atoms with Crippen molar-refractivity contribution >= 4 is 17.6 Å². The molecule has 0 aliphatic rings. The van der Waals surface area contributed by atoms with Gasteiger partial charge in [-0.15, -0.1) is 11.3 Å². The van der Waals surface area contributed by atoms with E-state index in [0.717, 1.165) is 0 Å². The molecule has 1 aromatic heterocycles. The van der Waals surface area contributed by atoms with E-state index in [1.807, 2.05) is 25.2 Å². The molecule has 0 aliphatic heterocycles. The summed E-state index contributed by atoms with van der Waals surface area (Å²) >= 11 is 1.81. The Morgan fingerprint density at radius 2 is 1.62 bits per heavy atom. The molecule has 0 fully saturated rings. The summed E-state index contributed by atoms with van der Waals surface area (Å²) in [6.07, 6.45) is 1.42. The molecule has 1 N–H and O–H groups in total. The topological polar surface area (TPSA) is 36.7 Å². The maximum atomic E-state index is 6.53.